The van der Waals surface area contributed by atoms with Crippen LogP contribution in [0.5, 0.6) is 5.88 Å². The number of ether oxygens (including phenoxy) is 1. The van der Waals surface area contributed by atoms with Crippen molar-refractivity contribution >= 4 is 10.9 Å². The Morgan fingerprint density at radius 1 is 1.26 bits per heavy atom. The van der Waals surface area contributed by atoms with E-state index in [1.807, 2.05) is 25.1 Å². The van der Waals surface area contributed by atoms with Gasteiger partial charge in [-0.15, -0.1) is 0 Å². The second-order valence-corrected chi connectivity index (χ2v) is 7.18. The quantitative estimate of drug-likeness (QED) is 0.770. The summed E-state index contributed by atoms with van der Waals surface area (Å²) in [5, 5.41) is 1.12. The Hall–Kier alpha value is -2.73. The maximum Gasteiger partial charge on any atom is 0.251 e. The van der Waals surface area contributed by atoms with Crippen LogP contribution in [-0.4, -0.2) is 40.1 Å². The largest absolute Gasteiger partial charge is 0.481 e. The normalized spacial score (nSPS) is 17.9. The van der Waals surface area contributed by atoms with Crippen molar-refractivity contribution < 1.29 is 4.74 Å². The predicted octanol–water partition coefficient (Wildman–Crippen LogP) is 3.01. The zero-order valence-corrected chi connectivity index (χ0v) is 15.7. The first kappa shape index (κ1) is 17.7. The van der Waals surface area contributed by atoms with E-state index in [1.165, 1.54) is 0 Å². The Kier molecular flexibility index (Phi) is 4.90. The average Bonchev–Trinajstić information content (AvgIpc) is 2.67. The molecule has 1 atom stereocenters. The molecule has 4 rings (SSSR count). The van der Waals surface area contributed by atoms with Crippen molar-refractivity contribution in [2.24, 2.45) is 0 Å². The second-order valence-electron chi connectivity index (χ2n) is 7.18. The number of nitrogens with zero attached hydrogens (tertiary/aromatic N) is 3. The van der Waals surface area contributed by atoms with Gasteiger partial charge in [0.05, 0.1) is 18.3 Å². The predicted molar refractivity (Wildman–Crippen MR) is 105 cm³/mol. The van der Waals surface area contributed by atoms with Gasteiger partial charge in [-0.1, -0.05) is 18.2 Å². The van der Waals surface area contributed by atoms with Crippen molar-refractivity contribution in [1.82, 2.24) is 19.9 Å². The molecule has 3 aromatic rings. The third-order valence-corrected chi connectivity index (χ3v) is 5.15. The molecule has 0 aliphatic carbocycles. The fraction of sp³-hybridized carbons (Fsp3) is 0.381. The molecule has 0 amide bonds. The average molecular weight is 364 g/mol. The number of hydrogen-bond acceptors (Lipinski definition) is 5. The molecule has 1 aliphatic heterocycles. The standard InChI is InChI=1S/C21H24N4O2/c1-14-22-19(11-20(26)23-14)16-7-5-9-25(12-16)13-17-10-15-6-3-4-8-18(15)24-21(17)27-2/h3-4,6,8,10-11,16H,5,7,9,12-13H2,1-2H3,(H,22,23,26). The minimum atomic E-state index is -0.0741. The number of benzene rings is 1. The zero-order valence-electron chi connectivity index (χ0n) is 15.7. The summed E-state index contributed by atoms with van der Waals surface area (Å²) in [7, 11) is 1.67. The molecule has 1 aromatic carbocycles. The molecule has 27 heavy (non-hydrogen) atoms. The number of aromatic nitrogens is 3. The topological polar surface area (TPSA) is 71.1 Å². The van der Waals surface area contributed by atoms with Crippen LogP contribution in [0.2, 0.25) is 0 Å². The van der Waals surface area contributed by atoms with E-state index >= 15 is 0 Å². The number of aromatic amines is 1. The van der Waals surface area contributed by atoms with Gasteiger partial charge in [0.2, 0.25) is 5.88 Å². The Morgan fingerprint density at radius 2 is 2.11 bits per heavy atom. The third kappa shape index (κ3) is 3.85. The first-order valence-electron chi connectivity index (χ1n) is 9.35. The molecule has 2 aromatic heterocycles. The highest BCUT2D eigenvalue weighted by molar-refractivity contribution is 5.80. The molecule has 1 fully saturated rings. The Balaban J connectivity index is 1.57. The lowest BCUT2D eigenvalue weighted by Crippen LogP contribution is -2.34. The number of methoxy groups -OCH3 is 1. The maximum absolute atomic E-state index is 11.8. The molecule has 0 spiro atoms. The van der Waals surface area contributed by atoms with E-state index in [4.69, 9.17) is 4.74 Å². The summed E-state index contributed by atoms with van der Waals surface area (Å²) in [5.41, 5.74) is 2.85. The van der Waals surface area contributed by atoms with Gasteiger partial charge >= 0.3 is 0 Å². The van der Waals surface area contributed by atoms with E-state index in [9.17, 15) is 4.79 Å². The molecular weight excluding hydrogens is 340 g/mol. The van der Waals surface area contributed by atoms with Crippen LogP contribution < -0.4 is 10.3 Å². The van der Waals surface area contributed by atoms with Crippen molar-refractivity contribution in [1.29, 1.82) is 0 Å². The van der Waals surface area contributed by atoms with Gasteiger partial charge in [0.15, 0.2) is 0 Å². The number of rotatable bonds is 4. The highest BCUT2D eigenvalue weighted by Crippen LogP contribution is 2.29. The van der Waals surface area contributed by atoms with Crippen LogP contribution in [0.25, 0.3) is 10.9 Å². The Bertz CT molecular complexity index is 1010. The van der Waals surface area contributed by atoms with E-state index in [1.54, 1.807) is 13.2 Å². The molecule has 140 valence electrons. The Labute approximate surface area is 158 Å². The monoisotopic (exact) mass is 364 g/mol. The summed E-state index contributed by atoms with van der Waals surface area (Å²) < 4.78 is 5.54. The van der Waals surface area contributed by atoms with E-state index in [2.05, 4.69) is 32.0 Å². The summed E-state index contributed by atoms with van der Waals surface area (Å²) >= 11 is 0. The first-order chi connectivity index (χ1) is 13.1. The minimum Gasteiger partial charge on any atom is -0.481 e. The molecule has 0 saturated carbocycles. The number of nitrogens with one attached hydrogen (secondary N) is 1. The maximum atomic E-state index is 11.8. The van der Waals surface area contributed by atoms with E-state index in [-0.39, 0.29) is 11.5 Å². The number of piperidine rings is 1. The summed E-state index contributed by atoms with van der Waals surface area (Å²) in [4.78, 5) is 26.1. The number of hydrogen-bond donors (Lipinski definition) is 1. The highest BCUT2D eigenvalue weighted by atomic mass is 16.5. The van der Waals surface area contributed by atoms with Gasteiger partial charge < -0.3 is 9.72 Å². The highest BCUT2D eigenvalue weighted by Gasteiger charge is 2.24. The summed E-state index contributed by atoms with van der Waals surface area (Å²) in [6, 6.07) is 11.9. The molecular formula is C21H24N4O2. The molecule has 1 unspecified atom stereocenters. The van der Waals surface area contributed by atoms with E-state index in [0.717, 1.165) is 54.6 Å². The number of fused-ring (bicyclic) bond motifs is 1. The summed E-state index contributed by atoms with van der Waals surface area (Å²) in [6.45, 7) is 4.51. The van der Waals surface area contributed by atoms with Gasteiger partial charge in [-0.3, -0.25) is 9.69 Å². The lowest BCUT2D eigenvalue weighted by atomic mass is 9.94. The van der Waals surface area contributed by atoms with Gasteiger partial charge in [0, 0.05) is 36.0 Å². The molecule has 6 heteroatoms. The molecule has 0 radical (unpaired) electrons. The van der Waals surface area contributed by atoms with E-state index in [0.29, 0.717) is 11.7 Å². The van der Waals surface area contributed by atoms with Crippen LogP contribution in [-0.2, 0) is 6.54 Å². The van der Waals surface area contributed by atoms with Crippen LogP contribution in [0.4, 0.5) is 0 Å². The molecule has 3 heterocycles. The van der Waals surface area contributed by atoms with Gasteiger partial charge in [0.25, 0.3) is 5.56 Å². The molecule has 1 saturated heterocycles. The molecule has 1 aliphatic rings. The van der Waals surface area contributed by atoms with E-state index < -0.39 is 0 Å². The van der Waals surface area contributed by atoms with Crippen molar-refractivity contribution in [2.75, 3.05) is 20.2 Å². The first-order valence-corrected chi connectivity index (χ1v) is 9.35. The van der Waals surface area contributed by atoms with Crippen molar-refractivity contribution in [2.45, 2.75) is 32.2 Å². The van der Waals surface area contributed by atoms with Crippen LogP contribution in [0, 0.1) is 6.92 Å². The third-order valence-electron chi connectivity index (χ3n) is 5.15. The van der Waals surface area contributed by atoms with Crippen molar-refractivity contribution in [3.63, 3.8) is 0 Å². The fourth-order valence-corrected chi connectivity index (χ4v) is 3.93. The smallest absolute Gasteiger partial charge is 0.251 e. The molecule has 0 bridgehead atoms. The van der Waals surface area contributed by atoms with Crippen molar-refractivity contribution in [3.05, 3.63) is 63.8 Å². The van der Waals surface area contributed by atoms with Gasteiger partial charge in [-0.25, -0.2) is 9.97 Å². The minimum absolute atomic E-state index is 0.0741. The van der Waals surface area contributed by atoms with Gasteiger partial charge in [-0.2, -0.15) is 0 Å². The second kappa shape index (κ2) is 7.48. The number of H-pyrrole nitrogens is 1. The Morgan fingerprint density at radius 3 is 2.93 bits per heavy atom. The molecule has 6 nitrogen and oxygen atoms in total. The number of pyridine rings is 1. The SMILES string of the molecule is COc1nc2ccccc2cc1CN1CCCC(c2cc(=O)[nH]c(C)n2)C1. The van der Waals surface area contributed by atoms with Crippen LogP contribution in [0.15, 0.2) is 41.2 Å². The fourth-order valence-electron chi connectivity index (χ4n) is 3.93. The summed E-state index contributed by atoms with van der Waals surface area (Å²) in [5.74, 6) is 1.63. The number of aryl methyl sites for hydroxylation is 1. The number of likely N-dealkylation sites (tertiary alicyclic amines) is 1. The molecule has 1 N–H and O–H groups in total. The van der Waals surface area contributed by atoms with Crippen molar-refractivity contribution in [3.8, 4) is 5.88 Å². The van der Waals surface area contributed by atoms with Gasteiger partial charge in [0.1, 0.15) is 5.82 Å². The zero-order chi connectivity index (χ0) is 18.8. The van der Waals surface area contributed by atoms with Crippen LogP contribution >= 0.6 is 0 Å². The lowest BCUT2D eigenvalue weighted by molar-refractivity contribution is 0.195. The number of para-hydroxylation sites is 1. The van der Waals surface area contributed by atoms with Crippen LogP contribution in [0.1, 0.15) is 35.8 Å². The lowest BCUT2D eigenvalue weighted by Gasteiger charge is -2.32. The van der Waals surface area contributed by atoms with Crippen LogP contribution in [0.3, 0.4) is 0 Å². The van der Waals surface area contributed by atoms with Gasteiger partial charge in [-0.05, 0) is 38.4 Å². The summed E-state index contributed by atoms with van der Waals surface area (Å²) in [6.07, 6.45) is 2.14.